The van der Waals surface area contributed by atoms with Crippen LogP contribution in [0.4, 0.5) is 0 Å². The lowest BCUT2D eigenvalue weighted by Crippen LogP contribution is -2.52. The average Bonchev–Trinajstić information content (AvgIpc) is 2.71. The molecule has 0 radical (unpaired) electrons. The van der Waals surface area contributed by atoms with Crippen LogP contribution in [-0.4, -0.2) is 80.0 Å². The van der Waals surface area contributed by atoms with E-state index in [0.717, 1.165) is 25.9 Å². The van der Waals surface area contributed by atoms with Crippen molar-refractivity contribution >= 4 is 21.7 Å². The molecule has 28 heavy (non-hydrogen) atoms. The smallest absolute Gasteiger partial charge is 0.243 e. The first-order valence-electron chi connectivity index (χ1n) is 9.90. The van der Waals surface area contributed by atoms with Crippen LogP contribution in [0.15, 0.2) is 29.2 Å². The summed E-state index contributed by atoms with van der Waals surface area (Å²) in [5.74, 6) is -0.0445. The number of unbranched alkanes of at least 4 members (excludes halogenated alkanes) is 1. The Balaban J connectivity index is 1.94. The number of likely N-dealkylation sites (N-methyl/N-ethyl adjacent to an activating group) is 1. The van der Waals surface area contributed by atoms with Gasteiger partial charge in [-0.05, 0) is 38.6 Å². The van der Waals surface area contributed by atoms with Gasteiger partial charge in [0.05, 0.1) is 11.4 Å². The van der Waals surface area contributed by atoms with E-state index in [9.17, 15) is 18.0 Å². The first-order valence-corrected chi connectivity index (χ1v) is 11.3. The van der Waals surface area contributed by atoms with E-state index in [1.165, 1.54) is 35.5 Å². The summed E-state index contributed by atoms with van der Waals surface area (Å²) in [5, 5.41) is 0. The molecule has 1 saturated heterocycles. The molecule has 1 aliphatic heterocycles. The summed E-state index contributed by atoms with van der Waals surface area (Å²) < 4.78 is 27.0. The van der Waals surface area contributed by atoms with Crippen molar-refractivity contribution in [3.05, 3.63) is 29.8 Å². The minimum Gasteiger partial charge on any atom is -0.339 e. The number of ketones is 1. The van der Waals surface area contributed by atoms with E-state index in [2.05, 4.69) is 11.8 Å². The molecule has 1 aliphatic rings. The summed E-state index contributed by atoms with van der Waals surface area (Å²) in [6, 6.07) is 6.00. The Labute approximate surface area is 168 Å². The van der Waals surface area contributed by atoms with Crippen molar-refractivity contribution in [2.24, 2.45) is 0 Å². The number of benzene rings is 1. The molecule has 1 amide bonds. The van der Waals surface area contributed by atoms with Crippen LogP contribution in [0.25, 0.3) is 0 Å². The Bertz CT molecular complexity index is 769. The monoisotopic (exact) mass is 409 g/mol. The van der Waals surface area contributed by atoms with Crippen LogP contribution in [-0.2, 0) is 14.8 Å². The Morgan fingerprint density at radius 2 is 1.64 bits per heavy atom. The van der Waals surface area contributed by atoms with Crippen molar-refractivity contribution in [2.45, 2.75) is 38.5 Å². The topological polar surface area (TPSA) is 78.0 Å². The fourth-order valence-corrected chi connectivity index (χ4v) is 4.63. The summed E-state index contributed by atoms with van der Waals surface area (Å²) >= 11 is 0. The fourth-order valence-electron chi connectivity index (χ4n) is 3.21. The van der Waals surface area contributed by atoms with Crippen LogP contribution >= 0.6 is 0 Å². The molecular weight excluding hydrogens is 378 g/mol. The maximum Gasteiger partial charge on any atom is 0.243 e. The number of hydrogen-bond donors (Lipinski definition) is 0. The van der Waals surface area contributed by atoms with Gasteiger partial charge in [-0.25, -0.2) is 8.42 Å². The molecule has 0 saturated carbocycles. The fraction of sp³-hybridized carbons (Fsp3) is 0.600. The Kier molecular flexibility index (Phi) is 8.15. The maximum absolute atomic E-state index is 12.8. The molecule has 0 atom stereocenters. The van der Waals surface area contributed by atoms with Crippen molar-refractivity contribution in [3.63, 3.8) is 0 Å². The zero-order valence-corrected chi connectivity index (χ0v) is 17.9. The standard InChI is InChI=1S/C20H31N3O4S/c1-4-6-11-21(5-2)16-20(25)22-12-14-23(15-13-22)28(26,27)19-9-7-18(8-10-19)17(3)24/h7-10H,4-6,11-16H2,1-3H3. The predicted octanol–water partition coefficient (Wildman–Crippen LogP) is 1.84. The van der Waals surface area contributed by atoms with Crippen LogP contribution in [0.1, 0.15) is 44.0 Å². The average molecular weight is 410 g/mol. The molecule has 1 aromatic rings. The highest BCUT2D eigenvalue weighted by molar-refractivity contribution is 7.89. The number of carbonyl (C=O) groups excluding carboxylic acids is 2. The second kappa shape index (κ2) is 10.1. The predicted molar refractivity (Wildman–Crippen MR) is 109 cm³/mol. The van der Waals surface area contributed by atoms with E-state index in [-0.39, 0.29) is 29.7 Å². The second-order valence-electron chi connectivity index (χ2n) is 7.09. The van der Waals surface area contributed by atoms with Crippen LogP contribution in [0.3, 0.4) is 0 Å². The number of amides is 1. The summed E-state index contributed by atoms with van der Waals surface area (Å²) in [5.41, 5.74) is 0.484. The maximum atomic E-state index is 12.8. The van der Waals surface area contributed by atoms with Crippen molar-refractivity contribution < 1.29 is 18.0 Å². The minimum absolute atomic E-state index is 0.0563. The molecule has 8 heteroatoms. The highest BCUT2D eigenvalue weighted by Gasteiger charge is 2.30. The molecule has 1 fully saturated rings. The van der Waals surface area contributed by atoms with Gasteiger partial charge in [-0.2, -0.15) is 4.31 Å². The molecule has 0 aliphatic carbocycles. The third-order valence-electron chi connectivity index (χ3n) is 5.12. The lowest BCUT2D eigenvalue weighted by molar-refractivity contribution is -0.133. The van der Waals surface area contributed by atoms with Crippen LogP contribution in [0, 0.1) is 0 Å². The largest absolute Gasteiger partial charge is 0.339 e. The number of piperazine rings is 1. The Morgan fingerprint density at radius 3 is 2.14 bits per heavy atom. The molecule has 1 aromatic carbocycles. The van der Waals surface area contributed by atoms with E-state index < -0.39 is 10.0 Å². The number of sulfonamides is 1. The minimum atomic E-state index is -3.62. The van der Waals surface area contributed by atoms with E-state index in [0.29, 0.717) is 25.2 Å². The first kappa shape index (κ1) is 22.5. The van der Waals surface area contributed by atoms with Gasteiger partial charge in [-0.15, -0.1) is 0 Å². The molecule has 0 N–H and O–H groups in total. The van der Waals surface area contributed by atoms with E-state index in [4.69, 9.17) is 0 Å². The van der Waals surface area contributed by atoms with E-state index in [1.54, 1.807) is 4.90 Å². The van der Waals surface area contributed by atoms with Crippen molar-refractivity contribution in [1.29, 1.82) is 0 Å². The molecule has 1 heterocycles. The second-order valence-corrected chi connectivity index (χ2v) is 9.03. The summed E-state index contributed by atoms with van der Waals surface area (Å²) in [6.07, 6.45) is 2.16. The molecular formula is C20H31N3O4S. The third kappa shape index (κ3) is 5.62. The molecule has 0 aromatic heterocycles. The van der Waals surface area contributed by atoms with Crippen LogP contribution in [0.2, 0.25) is 0 Å². The van der Waals surface area contributed by atoms with Crippen LogP contribution < -0.4 is 0 Å². The zero-order chi connectivity index (χ0) is 20.7. The number of carbonyl (C=O) groups is 2. The van der Waals surface area contributed by atoms with Crippen molar-refractivity contribution in [1.82, 2.24) is 14.1 Å². The van der Waals surface area contributed by atoms with Gasteiger partial charge in [0.15, 0.2) is 5.78 Å². The van der Waals surface area contributed by atoms with Gasteiger partial charge in [0, 0.05) is 31.7 Å². The lowest BCUT2D eigenvalue weighted by atomic mass is 10.2. The molecule has 0 bridgehead atoms. The molecule has 0 spiro atoms. The first-order chi connectivity index (χ1) is 13.3. The van der Waals surface area contributed by atoms with Gasteiger partial charge in [0.2, 0.25) is 15.9 Å². The summed E-state index contributed by atoms with van der Waals surface area (Å²) in [7, 11) is -3.62. The number of nitrogens with zero attached hydrogens (tertiary/aromatic N) is 3. The molecule has 0 unspecified atom stereocenters. The number of Topliss-reactive ketones (excluding diaryl/α,β-unsaturated/α-hetero) is 1. The highest BCUT2D eigenvalue weighted by atomic mass is 32.2. The Morgan fingerprint density at radius 1 is 1.04 bits per heavy atom. The zero-order valence-electron chi connectivity index (χ0n) is 17.1. The summed E-state index contributed by atoms with van der Waals surface area (Å²) in [4.78, 5) is 28.0. The van der Waals surface area contributed by atoms with Gasteiger partial charge >= 0.3 is 0 Å². The normalized spacial score (nSPS) is 15.8. The van der Waals surface area contributed by atoms with Gasteiger partial charge in [0.25, 0.3) is 0 Å². The van der Waals surface area contributed by atoms with E-state index >= 15 is 0 Å². The van der Waals surface area contributed by atoms with Gasteiger partial charge in [-0.1, -0.05) is 32.4 Å². The molecule has 2 rings (SSSR count). The van der Waals surface area contributed by atoms with Gasteiger partial charge in [0.1, 0.15) is 0 Å². The summed E-state index contributed by atoms with van der Waals surface area (Å²) in [6.45, 7) is 9.10. The van der Waals surface area contributed by atoms with Gasteiger partial charge < -0.3 is 4.90 Å². The van der Waals surface area contributed by atoms with Crippen molar-refractivity contribution in [2.75, 3.05) is 45.8 Å². The highest BCUT2D eigenvalue weighted by Crippen LogP contribution is 2.18. The Hall–Kier alpha value is -1.77. The number of rotatable bonds is 9. The van der Waals surface area contributed by atoms with E-state index in [1.807, 2.05) is 6.92 Å². The third-order valence-corrected chi connectivity index (χ3v) is 7.04. The molecule has 7 nitrogen and oxygen atoms in total. The SMILES string of the molecule is CCCCN(CC)CC(=O)N1CCN(S(=O)(=O)c2ccc(C(C)=O)cc2)CC1. The van der Waals surface area contributed by atoms with Crippen molar-refractivity contribution in [3.8, 4) is 0 Å². The quantitative estimate of drug-likeness (QED) is 0.582. The number of hydrogen-bond acceptors (Lipinski definition) is 5. The molecule has 156 valence electrons. The lowest BCUT2D eigenvalue weighted by Gasteiger charge is -2.35. The van der Waals surface area contributed by atoms with Gasteiger partial charge in [-0.3, -0.25) is 14.5 Å². The van der Waals surface area contributed by atoms with Crippen LogP contribution in [0.5, 0.6) is 0 Å².